The van der Waals surface area contributed by atoms with Crippen molar-refractivity contribution in [3.8, 4) is 0 Å². The molecule has 1 aromatic rings. The lowest BCUT2D eigenvalue weighted by Crippen LogP contribution is -2.33. The van der Waals surface area contributed by atoms with Crippen molar-refractivity contribution in [2.24, 2.45) is 5.11 Å². The third-order valence-electron chi connectivity index (χ3n) is 2.99. The van der Waals surface area contributed by atoms with Gasteiger partial charge < -0.3 is 4.90 Å². The molecule has 2 rings (SSSR count). The summed E-state index contributed by atoms with van der Waals surface area (Å²) in [7, 11) is 0. The van der Waals surface area contributed by atoms with E-state index in [1.807, 2.05) is 0 Å². The average molecular weight is 331 g/mol. The molecule has 2 unspecified atom stereocenters. The lowest BCUT2D eigenvalue weighted by atomic mass is 10.2. The van der Waals surface area contributed by atoms with Crippen molar-refractivity contribution in [3.63, 3.8) is 0 Å². The molecule has 1 saturated heterocycles. The Bertz CT molecular complexity index is 588. The van der Waals surface area contributed by atoms with Crippen LogP contribution in [0.2, 0.25) is 0 Å². The second-order valence-electron chi connectivity index (χ2n) is 4.21. The van der Waals surface area contributed by atoms with Gasteiger partial charge in [0.15, 0.2) is 11.6 Å². The van der Waals surface area contributed by atoms with Crippen molar-refractivity contribution in [2.45, 2.75) is 25.4 Å². The summed E-state index contributed by atoms with van der Waals surface area (Å²) in [5.41, 5.74) is 8.23. The molecule has 1 aromatic carbocycles. The Hall–Kier alpha value is -1.66. The van der Waals surface area contributed by atoms with E-state index >= 15 is 0 Å². The Morgan fingerprint density at radius 2 is 2.16 bits per heavy atom. The Kier molecular flexibility index (Phi) is 3.73. The maximum Gasteiger partial charge on any atom is 0.236 e. The number of azide groups is 1. The van der Waals surface area contributed by atoms with Gasteiger partial charge in [-0.05, 0) is 46.9 Å². The molecule has 1 aliphatic heterocycles. The number of hydrogen-bond donors (Lipinski definition) is 0. The SMILES string of the molecule is CC1CC(N=[N+]=[N-])C(=O)N1c1ccc(Br)c(F)c1F. The third kappa shape index (κ3) is 2.29. The summed E-state index contributed by atoms with van der Waals surface area (Å²) in [5, 5.41) is 3.36. The summed E-state index contributed by atoms with van der Waals surface area (Å²) in [4.78, 5) is 15.7. The summed E-state index contributed by atoms with van der Waals surface area (Å²) in [6.07, 6.45) is 0.278. The van der Waals surface area contributed by atoms with E-state index in [1.54, 1.807) is 6.92 Å². The number of benzene rings is 1. The van der Waals surface area contributed by atoms with Crippen molar-refractivity contribution in [2.75, 3.05) is 4.90 Å². The number of nitrogens with zero attached hydrogens (tertiary/aromatic N) is 4. The zero-order valence-electron chi connectivity index (χ0n) is 9.85. The van der Waals surface area contributed by atoms with E-state index in [4.69, 9.17) is 5.53 Å². The van der Waals surface area contributed by atoms with Crippen LogP contribution in [0.1, 0.15) is 13.3 Å². The van der Waals surface area contributed by atoms with Gasteiger partial charge in [0, 0.05) is 11.0 Å². The molecule has 2 atom stereocenters. The lowest BCUT2D eigenvalue weighted by Gasteiger charge is -2.22. The van der Waals surface area contributed by atoms with Crippen LogP contribution in [0.4, 0.5) is 14.5 Å². The predicted octanol–water partition coefficient (Wildman–Crippen LogP) is 3.53. The molecule has 0 aromatic heterocycles. The molecule has 0 spiro atoms. The Labute approximate surface area is 116 Å². The molecule has 0 N–H and O–H groups in total. The van der Waals surface area contributed by atoms with E-state index in [-0.39, 0.29) is 22.6 Å². The minimum Gasteiger partial charge on any atom is -0.306 e. The molecule has 0 saturated carbocycles. The van der Waals surface area contributed by atoms with Gasteiger partial charge in [-0.15, -0.1) is 0 Å². The van der Waals surface area contributed by atoms with Crippen LogP contribution in [0.25, 0.3) is 10.4 Å². The molecule has 0 aliphatic carbocycles. The quantitative estimate of drug-likeness (QED) is 0.354. The first-order chi connectivity index (χ1) is 8.97. The van der Waals surface area contributed by atoms with E-state index in [1.165, 1.54) is 12.1 Å². The first-order valence-electron chi connectivity index (χ1n) is 5.48. The van der Waals surface area contributed by atoms with E-state index < -0.39 is 23.6 Å². The van der Waals surface area contributed by atoms with Crippen LogP contribution >= 0.6 is 15.9 Å². The zero-order valence-corrected chi connectivity index (χ0v) is 11.4. The standard InChI is InChI=1S/C11H9BrF2N4O/c1-5-4-7(16-17-15)11(19)18(5)8-3-2-6(12)9(13)10(8)14/h2-3,5,7H,4H2,1H3. The van der Waals surface area contributed by atoms with E-state index in [0.29, 0.717) is 0 Å². The molecule has 0 radical (unpaired) electrons. The van der Waals surface area contributed by atoms with Gasteiger partial charge in [0.2, 0.25) is 5.91 Å². The summed E-state index contributed by atoms with van der Waals surface area (Å²) in [6, 6.07) is 1.41. The molecule has 8 heteroatoms. The molecule has 1 aliphatic rings. The highest BCUT2D eigenvalue weighted by atomic mass is 79.9. The minimum absolute atomic E-state index is 0.0142. The van der Waals surface area contributed by atoms with Gasteiger partial charge in [0.25, 0.3) is 0 Å². The molecule has 100 valence electrons. The number of carbonyl (C=O) groups is 1. The fourth-order valence-electron chi connectivity index (χ4n) is 2.12. The van der Waals surface area contributed by atoms with Crippen LogP contribution in [0.5, 0.6) is 0 Å². The largest absolute Gasteiger partial charge is 0.306 e. The molecule has 5 nitrogen and oxygen atoms in total. The Morgan fingerprint density at radius 3 is 2.79 bits per heavy atom. The van der Waals surface area contributed by atoms with Crippen LogP contribution < -0.4 is 4.90 Å². The van der Waals surface area contributed by atoms with Crippen LogP contribution in [0.15, 0.2) is 21.7 Å². The summed E-state index contributed by atoms with van der Waals surface area (Å²) >= 11 is 2.87. The fraction of sp³-hybridized carbons (Fsp3) is 0.364. The summed E-state index contributed by atoms with van der Waals surface area (Å²) in [5.74, 6) is -2.67. The monoisotopic (exact) mass is 330 g/mol. The van der Waals surface area contributed by atoms with Crippen LogP contribution in [0, 0.1) is 11.6 Å². The van der Waals surface area contributed by atoms with Gasteiger partial charge in [-0.25, -0.2) is 8.78 Å². The number of halogens is 3. The number of hydrogen-bond acceptors (Lipinski definition) is 2. The number of rotatable bonds is 2. The second-order valence-corrected chi connectivity index (χ2v) is 5.06. The Balaban J connectivity index is 2.45. The van der Waals surface area contributed by atoms with Gasteiger partial charge in [-0.2, -0.15) is 0 Å². The zero-order chi connectivity index (χ0) is 14.2. The lowest BCUT2D eigenvalue weighted by molar-refractivity contribution is -0.118. The summed E-state index contributed by atoms with van der Waals surface area (Å²) < 4.78 is 27.4. The van der Waals surface area contributed by atoms with Gasteiger partial charge in [-0.3, -0.25) is 4.79 Å². The van der Waals surface area contributed by atoms with Crippen molar-refractivity contribution in [3.05, 3.63) is 38.7 Å². The normalized spacial score (nSPS) is 22.5. The second kappa shape index (κ2) is 5.14. The number of amides is 1. The highest BCUT2D eigenvalue weighted by Gasteiger charge is 2.39. The van der Waals surface area contributed by atoms with Crippen LogP contribution in [-0.2, 0) is 4.79 Å². The van der Waals surface area contributed by atoms with Gasteiger partial charge in [0.05, 0.1) is 10.2 Å². The van der Waals surface area contributed by atoms with Gasteiger partial charge in [-0.1, -0.05) is 5.11 Å². The predicted molar refractivity (Wildman–Crippen MR) is 68.6 cm³/mol. The highest BCUT2D eigenvalue weighted by molar-refractivity contribution is 9.10. The van der Waals surface area contributed by atoms with Crippen molar-refractivity contribution in [1.29, 1.82) is 0 Å². The van der Waals surface area contributed by atoms with E-state index in [9.17, 15) is 13.6 Å². The number of carbonyl (C=O) groups excluding carboxylic acids is 1. The highest BCUT2D eigenvalue weighted by Crippen LogP contribution is 2.33. The molecule has 19 heavy (non-hydrogen) atoms. The fourth-order valence-corrected chi connectivity index (χ4v) is 2.43. The van der Waals surface area contributed by atoms with Gasteiger partial charge in [0.1, 0.15) is 6.04 Å². The molecule has 1 fully saturated rings. The summed E-state index contributed by atoms with van der Waals surface area (Å²) in [6.45, 7) is 1.68. The maximum atomic E-state index is 13.9. The molecule has 1 amide bonds. The molecule has 0 bridgehead atoms. The van der Waals surface area contributed by atoms with Crippen LogP contribution in [0.3, 0.4) is 0 Å². The molecule has 1 heterocycles. The first-order valence-corrected chi connectivity index (χ1v) is 6.27. The van der Waals surface area contributed by atoms with Crippen molar-refractivity contribution < 1.29 is 13.6 Å². The van der Waals surface area contributed by atoms with Gasteiger partial charge >= 0.3 is 0 Å². The smallest absolute Gasteiger partial charge is 0.236 e. The topological polar surface area (TPSA) is 69.1 Å². The van der Waals surface area contributed by atoms with E-state index in [0.717, 1.165) is 4.90 Å². The minimum atomic E-state index is -1.10. The average Bonchev–Trinajstić information content (AvgIpc) is 2.64. The van der Waals surface area contributed by atoms with Crippen molar-refractivity contribution >= 4 is 27.5 Å². The number of anilines is 1. The molecular formula is C11H9BrF2N4O. The van der Waals surface area contributed by atoms with E-state index in [2.05, 4.69) is 26.0 Å². The Morgan fingerprint density at radius 1 is 1.47 bits per heavy atom. The molecular weight excluding hydrogens is 322 g/mol. The van der Waals surface area contributed by atoms with Crippen LogP contribution in [-0.4, -0.2) is 18.0 Å². The maximum absolute atomic E-state index is 13.9. The van der Waals surface area contributed by atoms with Crippen molar-refractivity contribution in [1.82, 2.24) is 0 Å². The first kappa shape index (κ1) is 13.8. The third-order valence-corrected chi connectivity index (χ3v) is 3.61.